The zero-order valence-electron chi connectivity index (χ0n) is 44.8. The van der Waals surface area contributed by atoms with Gasteiger partial charge in [-0.05, 0) is 0 Å². The van der Waals surface area contributed by atoms with E-state index in [1.54, 1.807) is 12.1 Å². The van der Waals surface area contributed by atoms with E-state index in [0.29, 0.717) is 55.8 Å². The molecule has 6 rings (SSSR count). The van der Waals surface area contributed by atoms with Gasteiger partial charge in [-0.25, -0.2) is 0 Å². The summed E-state index contributed by atoms with van der Waals surface area (Å²) in [5.74, 6) is 0.210. The quantitative estimate of drug-likeness (QED) is 0.120. The molecular weight excluding hydrogens is 919 g/mol. The van der Waals surface area contributed by atoms with Gasteiger partial charge in [-0.15, -0.1) is 0 Å². The number of rotatable bonds is 12. The number of phenolic OH excluding ortho intramolecular Hbond substituents is 2. The summed E-state index contributed by atoms with van der Waals surface area (Å²) in [7, 11) is 0. The van der Waals surface area contributed by atoms with E-state index in [-0.39, 0.29) is 42.7 Å². The number of aromatic hydroxyl groups is 2. The molecule has 2 N–H and O–H groups in total. The van der Waals surface area contributed by atoms with Crippen LogP contribution in [0.3, 0.4) is 0 Å². The third-order valence-corrected chi connectivity index (χ3v) is 26.7. The number of benzene rings is 6. The van der Waals surface area contributed by atoms with E-state index in [9.17, 15) is 10.2 Å². The molecule has 0 radical (unpaired) electrons. The van der Waals surface area contributed by atoms with E-state index in [1.807, 2.05) is 38.1 Å². The molecule has 4 nitrogen and oxygen atoms in total. The van der Waals surface area contributed by atoms with E-state index >= 15 is 8.78 Å². The second kappa shape index (κ2) is 19.6. The average Bonchev–Trinajstić information content (AvgIpc) is 3.24. The Morgan fingerprint density at radius 2 is 0.710 bits per heavy atom. The Labute approximate surface area is 415 Å². The number of ether oxygens (including phenoxy) is 2. The Morgan fingerprint density at radius 3 is 0.986 bits per heavy atom. The van der Waals surface area contributed by atoms with Crippen molar-refractivity contribution in [2.45, 2.75) is 156 Å². The standard InChI is InChI=1S/C62H78F2GeO4/c1-37(2)65(38(3)4,35-68-55-21-19-47(63)33-51(55)53-25-39(5)23-49(57(53)66)41-27-43(59(7,8)9)31-44(28-41)60(10,11)12)36-69-56-22-20-48(64)34-52(56)54-26-40(6)24-50(58(54)67)42-29-45(61(13,14)15)32-46(30-42)62(16,17)18/h19-34,37-38,66-67H,35-36H2,1-18H3. The van der Waals surface area contributed by atoms with Crippen LogP contribution in [0.25, 0.3) is 44.5 Å². The van der Waals surface area contributed by atoms with Gasteiger partial charge in [0.05, 0.1) is 0 Å². The Hall–Kier alpha value is -5.08. The van der Waals surface area contributed by atoms with Crippen LogP contribution in [0.15, 0.2) is 97.1 Å². The van der Waals surface area contributed by atoms with E-state index in [1.165, 1.54) is 46.5 Å². The summed E-state index contributed by atoms with van der Waals surface area (Å²) in [4.78, 5) is 0. The molecule has 0 fully saturated rings. The zero-order valence-corrected chi connectivity index (χ0v) is 46.9. The van der Waals surface area contributed by atoms with Crippen LogP contribution >= 0.6 is 0 Å². The van der Waals surface area contributed by atoms with Crippen LogP contribution in [-0.4, -0.2) is 34.4 Å². The summed E-state index contributed by atoms with van der Waals surface area (Å²) in [5, 5.41) is 24.5. The van der Waals surface area contributed by atoms with Crippen molar-refractivity contribution >= 4 is 13.3 Å². The zero-order chi connectivity index (χ0) is 51.3. The number of phenols is 2. The Morgan fingerprint density at radius 1 is 0.420 bits per heavy atom. The second-order valence-corrected chi connectivity index (χ2v) is 35.6. The molecule has 0 spiro atoms. The van der Waals surface area contributed by atoms with Gasteiger partial charge in [0.2, 0.25) is 0 Å². The fraction of sp³-hybridized carbons (Fsp3) is 0.419. The van der Waals surface area contributed by atoms with Gasteiger partial charge < -0.3 is 0 Å². The van der Waals surface area contributed by atoms with Gasteiger partial charge in [0.25, 0.3) is 0 Å². The van der Waals surface area contributed by atoms with Gasteiger partial charge in [0.1, 0.15) is 0 Å². The minimum absolute atomic E-state index is 0.0637. The predicted octanol–water partition coefficient (Wildman–Crippen LogP) is 17.7. The first-order valence-corrected chi connectivity index (χ1v) is 30.0. The van der Waals surface area contributed by atoms with E-state index in [0.717, 1.165) is 22.3 Å². The summed E-state index contributed by atoms with van der Waals surface area (Å²) >= 11 is -3.33. The third kappa shape index (κ3) is 11.8. The molecule has 0 heterocycles. The minimum atomic E-state index is -3.33. The normalized spacial score (nSPS) is 12.8. The summed E-state index contributed by atoms with van der Waals surface area (Å²) in [6, 6.07) is 30.0. The Kier molecular flexibility index (Phi) is 15.1. The molecule has 368 valence electrons. The molecule has 0 aliphatic rings. The van der Waals surface area contributed by atoms with Crippen LogP contribution in [0.2, 0.25) is 9.50 Å². The molecule has 0 bridgehead atoms. The van der Waals surface area contributed by atoms with Crippen LogP contribution in [0.5, 0.6) is 23.0 Å². The topological polar surface area (TPSA) is 58.9 Å². The first-order chi connectivity index (χ1) is 31.8. The van der Waals surface area contributed by atoms with Crippen molar-refractivity contribution in [3.63, 3.8) is 0 Å². The van der Waals surface area contributed by atoms with Crippen molar-refractivity contribution < 1.29 is 28.5 Å². The number of hydrogen-bond acceptors (Lipinski definition) is 4. The molecular formula is C62H78F2GeO4. The Balaban J connectivity index is 1.39. The van der Waals surface area contributed by atoms with Crippen molar-refractivity contribution in [3.05, 3.63) is 142 Å². The number of aryl methyl sites for hydroxylation is 2. The molecule has 6 aromatic rings. The molecule has 0 saturated heterocycles. The predicted molar refractivity (Wildman–Crippen MR) is 289 cm³/mol. The van der Waals surface area contributed by atoms with Crippen LogP contribution in [0.1, 0.15) is 144 Å². The fourth-order valence-corrected chi connectivity index (χ4v) is 16.7. The molecule has 0 atom stereocenters. The first-order valence-electron chi connectivity index (χ1n) is 24.7. The molecule has 7 heteroatoms. The summed E-state index contributed by atoms with van der Waals surface area (Å²) < 4.78 is 45.1. The van der Waals surface area contributed by atoms with Gasteiger partial charge in [0, 0.05) is 0 Å². The molecule has 0 amide bonds. The van der Waals surface area contributed by atoms with Crippen molar-refractivity contribution in [1.29, 1.82) is 0 Å². The van der Waals surface area contributed by atoms with Gasteiger partial charge in [-0.2, -0.15) is 0 Å². The van der Waals surface area contributed by atoms with Gasteiger partial charge in [-0.3, -0.25) is 0 Å². The van der Waals surface area contributed by atoms with Crippen LogP contribution in [-0.2, 0) is 21.7 Å². The molecule has 6 aromatic carbocycles. The molecule has 0 aromatic heterocycles. The van der Waals surface area contributed by atoms with Crippen LogP contribution < -0.4 is 9.47 Å². The molecule has 0 aliphatic heterocycles. The van der Waals surface area contributed by atoms with Crippen molar-refractivity contribution in [2.24, 2.45) is 0 Å². The maximum absolute atomic E-state index is 15.4. The van der Waals surface area contributed by atoms with Gasteiger partial charge >= 0.3 is 418 Å². The van der Waals surface area contributed by atoms with Crippen molar-refractivity contribution in [1.82, 2.24) is 0 Å². The first kappa shape index (κ1) is 53.3. The summed E-state index contributed by atoms with van der Waals surface area (Å²) in [6.45, 7) is 39.2. The van der Waals surface area contributed by atoms with E-state index < -0.39 is 24.9 Å². The van der Waals surface area contributed by atoms with Crippen molar-refractivity contribution in [2.75, 3.05) is 10.9 Å². The van der Waals surface area contributed by atoms with Crippen molar-refractivity contribution in [3.8, 4) is 67.5 Å². The molecule has 69 heavy (non-hydrogen) atoms. The second-order valence-electron chi connectivity index (χ2n) is 24.4. The van der Waals surface area contributed by atoms with Crippen LogP contribution in [0, 0.1) is 25.5 Å². The summed E-state index contributed by atoms with van der Waals surface area (Å²) in [5.41, 5.74) is 11.8. The third-order valence-electron chi connectivity index (χ3n) is 14.2. The number of halogens is 2. The van der Waals surface area contributed by atoms with E-state index in [4.69, 9.17) is 9.47 Å². The number of hydrogen-bond donors (Lipinski definition) is 2. The van der Waals surface area contributed by atoms with E-state index in [2.05, 4.69) is 147 Å². The SMILES string of the molecule is Cc1cc(-c2cc(C(C)(C)C)cc(C(C)(C)C)c2)c(O)c(-c2cc(F)ccc2O[CH2][Ge]([CH2]Oc2ccc(F)cc2-c2cc(C)cc(-c3cc(C(C)(C)C)cc(C(C)(C)C)c3)c2O)([CH](C)C)[CH](C)C)c1. The Bertz CT molecular complexity index is 2590. The fourth-order valence-electron chi connectivity index (χ4n) is 9.18. The molecule has 0 unspecified atom stereocenters. The van der Waals surface area contributed by atoms with Gasteiger partial charge in [-0.1, -0.05) is 0 Å². The van der Waals surface area contributed by atoms with Gasteiger partial charge in [0.15, 0.2) is 0 Å². The average molecular weight is 998 g/mol. The summed E-state index contributed by atoms with van der Waals surface area (Å²) in [6.07, 6.45) is 0. The maximum atomic E-state index is 15.4. The monoisotopic (exact) mass is 999 g/mol. The molecule has 0 aliphatic carbocycles. The van der Waals surface area contributed by atoms with Crippen LogP contribution in [0.4, 0.5) is 8.78 Å². The molecule has 0 saturated carbocycles.